The van der Waals surface area contributed by atoms with Crippen molar-refractivity contribution >= 4 is 51.4 Å². The van der Waals surface area contributed by atoms with Gasteiger partial charge in [-0.15, -0.1) is 11.3 Å². The van der Waals surface area contributed by atoms with Crippen LogP contribution < -0.4 is 15.5 Å². The summed E-state index contributed by atoms with van der Waals surface area (Å²) >= 11 is 7.31. The van der Waals surface area contributed by atoms with Crippen LogP contribution in [0.25, 0.3) is 0 Å². The van der Waals surface area contributed by atoms with Crippen LogP contribution in [0, 0.1) is 5.82 Å². The van der Waals surface area contributed by atoms with E-state index in [2.05, 4.69) is 15.8 Å². The minimum Gasteiger partial charge on any atom is -0.489 e. The van der Waals surface area contributed by atoms with Crippen molar-refractivity contribution in [3.63, 3.8) is 0 Å². The Morgan fingerprint density at radius 3 is 2.53 bits per heavy atom. The fourth-order valence-electron chi connectivity index (χ4n) is 4.00. The van der Waals surface area contributed by atoms with E-state index in [4.69, 9.17) is 21.1 Å². The number of esters is 1. The summed E-state index contributed by atoms with van der Waals surface area (Å²) < 4.78 is 24.4. The first-order valence-corrected chi connectivity index (χ1v) is 13.0. The Morgan fingerprint density at radius 1 is 1.08 bits per heavy atom. The fourth-order valence-corrected chi connectivity index (χ4v) is 5.49. The second-order valence-corrected chi connectivity index (χ2v) is 10.0. The first-order chi connectivity index (χ1) is 18.3. The van der Waals surface area contributed by atoms with E-state index in [1.54, 1.807) is 37.3 Å². The molecule has 38 heavy (non-hydrogen) atoms. The maximum absolute atomic E-state index is 13.9. The predicted octanol–water partition coefficient (Wildman–Crippen LogP) is 5.26. The summed E-state index contributed by atoms with van der Waals surface area (Å²) in [5, 5.41) is 7.12. The van der Waals surface area contributed by atoms with Gasteiger partial charge in [-0.2, -0.15) is 5.10 Å². The van der Waals surface area contributed by atoms with E-state index in [0.29, 0.717) is 27.6 Å². The molecule has 0 bridgehead atoms. The third-order valence-corrected chi connectivity index (χ3v) is 7.60. The number of hydrogen-bond acceptors (Lipinski definition) is 7. The van der Waals surface area contributed by atoms with Crippen molar-refractivity contribution in [2.24, 2.45) is 5.10 Å². The number of nitrogens with zero attached hydrogens (tertiary/aromatic N) is 1. The van der Waals surface area contributed by atoms with Crippen molar-refractivity contribution in [1.82, 2.24) is 5.43 Å². The largest absolute Gasteiger partial charge is 0.489 e. The zero-order chi connectivity index (χ0) is 27.2. The van der Waals surface area contributed by atoms with Crippen molar-refractivity contribution in [1.29, 1.82) is 0 Å². The Hall–Kier alpha value is -3.76. The van der Waals surface area contributed by atoms with Gasteiger partial charge in [-0.05, 0) is 80.1 Å². The molecule has 4 rings (SSSR count). The molecule has 2 aromatic carbocycles. The van der Waals surface area contributed by atoms with E-state index in [0.717, 1.165) is 36.1 Å². The summed E-state index contributed by atoms with van der Waals surface area (Å²) in [7, 11) is 1.28. The van der Waals surface area contributed by atoms with Crippen molar-refractivity contribution in [3.05, 3.63) is 80.4 Å². The Labute approximate surface area is 227 Å². The molecule has 0 saturated heterocycles. The molecule has 8 nitrogen and oxygen atoms in total. The van der Waals surface area contributed by atoms with E-state index in [1.165, 1.54) is 30.6 Å². The van der Waals surface area contributed by atoms with Crippen molar-refractivity contribution in [3.8, 4) is 5.75 Å². The summed E-state index contributed by atoms with van der Waals surface area (Å²) in [5.74, 6) is -2.42. The van der Waals surface area contributed by atoms with Crippen LogP contribution in [-0.2, 0) is 33.8 Å². The fraction of sp³-hybridized carbons (Fsp3) is 0.259. The number of methoxy groups -OCH3 is 1. The first-order valence-electron chi connectivity index (χ1n) is 11.8. The highest BCUT2D eigenvalue weighted by Gasteiger charge is 2.28. The van der Waals surface area contributed by atoms with Gasteiger partial charge in [0.15, 0.2) is 0 Å². The van der Waals surface area contributed by atoms with Gasteiger partial charge in [0.1, 0.15) is 23.2 Å². The average molecular weight is 558 g/mol. The second-order valence-electron chi connectivity index (χ2n) is 8.51. The Morgan fingerprint density at radius 2 is 1.82 bits per heavy atom. The lowest BCUT2D eigenvalue weighted by Gasteiger charge is -2.11. The minimum absolute atomic E-state index is 0.0337. The van der Waals surface area contributed by atoms with Crippen molar-refractivity contribution in [2.75, 3.05) is 12.4 Å². The molecule has 1 aromatic heterocycles. The molecule has 1 heterocycles. The molecule has 11 heteroatoms. The van der Waals surface area contributed by atoms with E-state index in [-0.39, 0.29) is 17.2 Å². The van der Waals surface area contributed by atoms with E-state index in [9.17, 15) is 18.8 Å². The first kappa shape index (κ1) is 27.3. The van der Waals surface area contributed by atoms with Gasteiger partial charge in [-0.1, -0.05) is 17.7 Å². The quantitative estimate of drug-likeness (QED) is 0.178. The Bertz CT molecular complexity index is 1380. The highest BCUT2D eigenvalue weighted by Crippen LogP contribution is 2.38. The molecule has 0 saturated carbocycles. The summed E-state index contributed by atoms with van der Waals surface area (Å²) in [6.45, 7) is 1.63. The number of anilines is 1. The number of halogens is 2. The van der Waals surface area contributed by atoms with Gasteiger partial charge in [-0.3, -0.25) is 9.59 Å². The van der Waals surface area contributed by atoms with Crippen LogP contribution in [0.1, 0.15) is 51.7 Å². The lowest BCUT2D eigenvalue weighted by Crippen LogP contribution is -2.33. The molecule has 0 radical (unpaired) electrons. The lowest BCUT2D eigenvalue weighted by atomic mass is 9.95. The SMILES string of the molecule is COC(=O)c1c(NC(=O)C(=O)N/N=C(\C)c2ccc(OCc3c(F)cccc3Cl)cc2)sc2c1CCCC2. The number of ether oxygens (including phenoxy) is 2. The highest BCUT2D eigenvalue weighted by molar-refractivity contribution is 7.17. The minimum atomic E-state index is -0.978. The van der Waals surface area contributed by atoms with E-state index >= 15 is 0 Å². The highest BCUT2D eigenvalue weighted by atomic mass is 35.5. The molecule has 0 aliphatic heterocycles. The molecule has 0 spiro atoms. The number of aryl methyl sites for hydroxylation is 1. The number of thiophene rings is 1. The molecule has 2 amide bonds. The molecule has 2 N–H and O–H groups in total. The maximum atomic E-state index is 13.9. The van der Waals surface area contributed by atoms with Gasteiger partial charge in [-0.25, -0.2) is 14.6 Å². The van der Waals surface area contributed by atoms with Gasteiger partial charge in [0.2, 0.25) is 0 Å². The average Bonchev–Trinajstić information content (AvgIpc) is 3.28. The standard InChI is InChI=1S/C27H25ClFN3O5S/c1-15(16-10-12-17(13-11-16)37-14-19-20(28)7-5-8-21(19)29)31-32-25(34)24(33)30-26-23(27(35)36-2)18-6-3-4-9-22(18)38-26/h5,7-8,10-13H,3-4,6,9,14H2,1-2H3,(H,30,33)(H,32,34)/b31-15+. The monoisotopic (exact) mass is 557 g/mol. The van der Waals surface area contributed by atoms with Crippen LogP contribution in [0.15, 0.2) is 47.6 Å². The molecule has 3 aromatic rings. The number of hydrogen-bond donors (Lipinski definition) is 2. The maximum Gasteiger partial charge on any atom is 0.341 e. The number of benzene rings is 2. The zero-order valence-corrected chi connectivity index (χ0v) is 22.3. The van der Waals surface area contributed by atoms with Crippen LogP contribution in [0.3, 0.4) is 0 Å². The number of carbonyl (C=O) groups excluding carboxylic acids is 3. The smallest absolute Gasteiger partial charge is 0.341 e. The van der Waals surface area contributed by atoms with Crippen LogP contribution >= 0.6 is 22.9 Å². The van der Waals surface area contributed by atoms with Crippen LogP contribution in [0.4, 0.5) is 9.39 Å². The molecule has 1 aliphatic rings. The Balaban J connectivity index is 1.36. The molecular weight excluding hydrogens is 533 g/mol. The van der Waals surface area contributed by atoms with Crippen molar-refractivity contribution in [2.45, 2.75) is 39.2 Å². The number of rotatable bonds is 7. The predicted molar refractivity (Wildman–Crippen MR) is 143 cm³/mol. The topological polar surface area (TPSA) is 106 Å². The van der Waals surface area contributed by atoms with E-state index < -0.39 is 23.6 Å². The van der Waals surface area contributed by atoms with Gasteiger partial charge >= 0.3 is 17.8 Å². The number of fused-ring (bicyclic) bond motifs is 1. The van der Waals surface area contributed by atoms with Crippen molar-refractivity contribution < 1.29 is 28.2 Å². The molecule has 1 aliphatic carbocycles. The lowest BCUT2D eigenvalue weighted by molar-refractivity contribution is -0.136. The van der Waals surface area contributed by atoms with Crippen LogP contribution in [0.2, 0.25) is 5.02 Å². The third-order valence-electron chi connectivity index (χ3n) is 6.04. The zero-order valence-electron chi connectivity index (χ0n) is 20.7. The van der Waals surface area contributed by atoms with Crippen LogP contribution in [0.5, 0.6) is 5.75 Å². The van der Waals surface area contributed by atoms with Gasteiger partial charge in [0, 0.05) is 10.4 Å². The number of nitrogens with one attached hydrogen (secondary N) is 2. The number of carbonyl (C=O) groups is 3. The number of amides is 2. The van der Waals surface area contributed by atoms with Crippen LogP contribution in [-0.4, -0.2) is 30.6 Å². The summed E-state index contributed by atoms with van der Waals surface area (Å²) in [6, 6.07) is 11.2. The molecule has 198 valence electrons. The van der Waals surface area contributed by atoms with Gasteiger partial charge in [0.25, 0.3) is 0 Å². The third kappa shape index (κ3) is 6.20. The second kappa shape index (κ2) is 12.2. The summed E-state index contributed by atoms with van der Waals surface area (Å²) in [5.41, 5.74) is 4.80. The molecule has 0 unspecified atom stereocenters. The molecule has 0 fully saturated rings. The number of hydrazone groups is 1. The molecule has 0 atom stereocenters. The van der Waals surface area contributed by atoms with E-state index in [1.807, 2.05) is 0 Å². The summed E-state index contributed by atoms with van der Waals surface area (Å²) in [4.78, 5) is 38.3. The normalized spacial score (nSPS) is 12.9. The Kier molecular flexibility index (Phi) is 8.75. The van der Waals surface area contributed by atoms with Gasteiger partial charge in [0.05, 0.1) is 23.4 Å². The van der Waals surface area contributed by atoms with Gasteiger partial charge < -0.3 is 14.8 Å². The summed E-state index contributed by atoms with van der Waals surface area (Å²) in [6.07, 6.45) is 3.49. The molecular formula is C27H25ClFN3O5S.